The summed E-state index contributed by atoms with van der Waals surface area (Å²) in [6.07, 6.45) is 5.08. The molecule has 0 nitrogen and oxygen atoms in total. The van der Waals surface area contributed by atoms with E-state index in [9.17, 15) is 0 Å². The fourth-order valence-corrected chi connectivity index (χ4v) is 3.70. The maximum absolute atomic E-state index is 3.83. The molecule has 1 aliphatic carbocycles. The molecule has 0 radical (unpaired) electrons. The minimum Gasteiger partial charge on any atom is -0.0839 e. The maximum atomic E-state index is 3.83. The van der Waals surface area contributed by atoms with Crippen molar-refractivity contribution in [2.24, 2.45) is 5.41 Å². The second-order valence-corrected chi connectivity index (χ2v) is 7.22. The molecule has 0 heterocycles. The number of alkyl halides is 1. The lowest BCUT2D eigenvalue weighted by atomic mass is 9.88. The van der Waals surface area contributed by atoms with E-state index in [0.717, 1.165) is 0 Å². The average molecular weight is 281 g/mol. The summed E-state index contributed by atoms with van der Waals surface area (Å²) < 4.78 is 0. The van der Waals surface area contributed by atoms with Gasteiger partial charge in [-0.05, 0) is 47.8 Å². The molecule has 1 unspecified atom stereocenters. The van der Waals surface area contributed by atoms with E-state index in [1.165, 1.54) is 31.2 Å². The molecule has 1 heteroatoms. The molecule has 0 spiro atoms. The van der Waals surface area contributed by atoms with Gasteiger partial charge in [-0.2, -0.15) is 0 Å². The first-order chi connectivity index (χ1) is 7.46. The van der Waals surface area contributed by atoms with E-state index in [2.05, 4.69) is 54.9 Å². The highest BCUT2D eigenvalue weighted by Crippen LogP contribution is 2.37. The van der Waals surface area contributed by atoms with Crippen LogP contribution in [0.2, 0.25) is 0 Å². The first kappa shape index (κ1) is 12.2. The quantitative estimate of drug-likeness (QED) is 0.666. The number of halogens is 1. The summed E-state index contributed by atoms with van der Waals surface area (Å²) in [7, 11) is 0. The lowest BCUT2D eigenvalue weighted by Crippen LogP contribution is -2.08. The number of hydrogen-bond acceptors (Lipinski definition) is 0. The Morgan fingerprint density at radius 3 is 2.56 bits per heavy atom. The Morgan fingerprint density at radius 2 is 1.88 bits per heavy atom. The molecule has 0 bridgehead atoms. The van der Waals surface area contributed by atoms with E-state index < -0.39 is 0 Å². The summed E-state index contributed by atoms with van der Waals surface area (Å²) in [6, 6.07) is 7.04. The Labute approximate surface area is 108 Å². The Bertz CT molecular complexity index is 374. The van der Waals surface area contributed by atoms with Gasteiger partial charge in [0, 0.05) is 4.83 Å². The number of fused-ring (bicyclic) bond motifs is 1. The van der Waals surface area contributed by atoms with Crippen LogP contribution in [0.25, 0.3) is 0 Å². The van der Waals surface area contributed by atoms with Crippen LogP contribution in [0, 0.1) is 5.41 Å². The smallest absolute Gasteiger partial charge is 0.0400 e. The third kappa shape index (κ3) is 2.88. The van der Waals surface area contributed by atoms with Crippen molar-refractivity contribution in [2.45, 2.75) is 51.3 Å². The molecule has 0 aromatic heterocycles. The molecule has 1 aliphatic rings. The summed E-state index contributed by atoms with van der Waals surface area (Å²) in [5.41, 5.74) is 4.98. The average Bonchev–Trinajstić information content (AvgIpc) is 2.61. The van der Waals surface area contributed by atoms with Crippen molar-refractivity contribution in [2.75, 3.05) is 0 Å². The molecule has 0 amide bonds. The number of aryl methyl sites for hydroxylation is 2. The number of hydrogen-bond donors (Lipinski definition) is 0. The van der Waals surface area contributed by atoms with Crippen molar-refractivity contribution in [1.29, 1.82) is 0 Å². The molecule has 16 heavy (non-hydrogen) atoms. The SMILES string of the molecule is CC(C)(C)CC(Br)c1ccc2c(c1)CCC2. The summed E-state index contributed by atoms with van der Waals surface area (Å²) >= 11 is 3.83. The topological polar surface area (TPSA) is 0 Å². The summed E-state index contributed by atoms with van der Waals surface area (Å²) in [5.74, 6) is 0. The van der Waals surface area contributed by atoms with Gasteiger partial charge in [-0.25, -0.2) is 0 Å². The molecule has 88 valence electrons. The van der Waals surface area contributed by atoms with Crippen LogP contribution < -0.4 is 0 Å². The molecule has 1 aromatic carbocycles. The Kier molecular flexibility index (Phi) is 3.44. The van der Waals surface area contributed by atoms with Crippen LogP contribution in [0.5, 0.6) is 0 Å². The molecule has 2 rings (SSSR count). The minimum atomic E-state index is 0.382. The molecule has 0 saturated heterocycles. The minimum absolute atomic E-state index is 0.382. The summed E-state index contributed by atoms with van der Waals surface area (Å²) in [6.45, 7) is 6.90. The summed E-state index contributed by atoms with van der Waals surface area (Å²) in [4.78, 5) is 0.499. The van der Waals surface area contributed by atoms with Crippen LogP contribution in [0.1, 0.15) is 55.1 Å². The zero-order chi connectivity index (χ0) is 11.8. The van der Waals surface area contributed by atoms with Crippen LogP contribution in [0.15, 0.2) is 18.2 Å². The normalized spacial score (nSPS) is 17.2. The van der Waals surface area contributed by atoms with Crippen LogP contribution in [-0.4, -0.2) is 0 Å². The van der Waals surface area contributed by atoms with Gasteiger partial charge in [-0.3, -0.25) is 0 Å². The molecule has 0 saturated carbocycles. The summed E-state index contributed by atoms with van der Waals surface area (Å²) in [5, 5.41) is 0. The largest absolute Gasteiger partial charge is 0.0839 e. The highest BCUT2D eigenvalue weighted by atomic mass is 79.9. The van der Waals surface area contributed by atoms with Gasteiger partial charge in [-0.15, -0.1) is 0 Å². The second kappa shape index (κ2) is 4.52. The van der Waals surface area contributed by atoms with Gasteiger partial charge in [0.15, 0.2) is 0 Å². The highest BCUT2D eigenvalue weighted by molar-refractivity contribution is 9.09. The fourth-order valence-electron chi connectivity index (χ4n) is 2.44. The lowest BCUT2D eigenvalue weighted by Gasteiger charge is -2.22. The second-order valence-electron chi connectivity index (χ2n) is 6.11. The van der Waals surface area contributed by atoms with Crippen molar-refractivity contribution in [1.82, 2.24) is 0 Å². The van der Waals surface area contributed by atoms with Gasteiger partial charge in [0.25, 0.3) is 0 Å². The molecule has 0 aliphatic heterocycles. The molecule has 1 aromatic rings. The lowest BCUT2D eigenvalue weighted by molar-refractivity contribution is 0.377. The van der Waals surface area contributed by atoms with E-state index in [0.29, 0.717) is 10.2 Å². The van der Waals surface area contributed by atoms with Crippen LogP contribution >= 0.6 is 15.9 Å². The van der Waals surface area contributed by atoms with Gasteiger partial charge in [0.05, 0.1) is 0 Å². The van der Waals surface area contributed by atoms with Crippen LogP contribution in [-0.2, 0) is 12.8 Å². The van der Waals surface area contributed by atoms with E-state index in [1.54, 1.807) is 11.1 Å². The van der Waals surface area contributed by atoms with E-state index >= 15 is 0 Å². The molecule has 1 atom stereocenters. The standard InChI is InChI=1S/C15H21Br/c1-15(2,3)10-14(16)13-8-7-11-5-4-6-12(11)9-13/h7-9,14H,4-6,10H2,1-3H3. The Hall–Kier alpha value is -0.300. The Balaban J connectivity index is 2.15. The molecule has 0 N–H and O–H groups in total. The predicted octanol–water partition coefficient (Wildman–Crippen LogP) is 5.05. The first-order valence-electron chi connectivity index (χ1n) is 6.21. The maximum Gasteiger partial charge on any atom is 0.0400 e. The van der Waals surface area contributed by atoms with E-state index in [4.69, 9.17) is 0 Å². The van der Waals surface area contributed by atoms with Gasteiger partial charge >= 0.3 is 0 Å². The zero-order valence-electron chi connectivity index (χ0n) is 10.5. The van der Waals surface area contributed by atoms with Gasteiger partial charge < -0.3 is 0 Å². The molecule has 0 fully saturated rings. The zero-order valence-corrected chi connectivity index (χ0v) is 12.1. The third-order valence-electron chi connectivity index (χ3n) is 3.28. The van der Waals surface area contributed by atoms with Crippen molar-refractivity contribution in [3.8, 4) is 0 Å². The van der Waals surface area contributed by atoms with Crippen molar-refractivity contribution < 1.29 is 0 Å². The molecular weight excluding hydrogens is 260 g/mol. The van der Waals surface area contributed by atoms with Crippen molar-refractivity contribution in [3.05, 3.63) is 34.9 Å². The van der Waals surface area contributed by atoms with Crippen LogP contribution in [0.4, 0.5) is 0 Å². The Morgan fingerprint density at radius 1 is 1.19 bits per heavy atom. The van der Waals surface area contributed by atoms with Crippen molar-refractivity contribution in [3.63, 3.8) is 0 Å². The van der Waals surface area contributed by atoms with Gasteiger partial charge in [-0.1, -0.05) is 54.9 Å². The highest BCUT2D eigenvalue weighted by Gasteiger charge is 2.19. The van der Waals surface area contributed by atoms with Crippen LogP contribution in [0.3, 0.4) is 0 Å². The molecular formula is C15H21Br. The van der Waals surface area contributed by atoms with Gasteiger partial charge in [0.1, 0.15) is 0 Å². The third-order valence-corrected chi connectivity index (χ3v) is 4.13. The number of rotatable bonds is 2. The monoisotopic (exact) mass is 280 g/mol. The predicted molar refractivity (Wildman–Crippen MR) is 74.2 cm³/mol. The van der Waals surface area contributed by atoms with E-state index in [-0.39, 0.29) is 0 Å². The van der Waals surface area contributed by atoms with Gasteiger partial charge in [0.2, 0.25) is 0 Å². The van der Waals surface area contributed by atoms with E-state index in [1.807, 2.05) is 0 Å². The number of benzene rings is 1. The first-order valence-corrected chi connectivity index (χ1v) is 7.13. The van der Waals surface area contributed by atoms with Crippen molar-refractivity contribution >= 4 is 15.9 Å². The fraction of sp³-hybridized carbons (Fsp3) is 0.600.